The van der Waals surface area contributed by atoms with E-state index in [4.69, 9.17) is 15.2 Å². The molecule has 1 aliphatic rings. The number of nitrogens with one attached hydrogen (secondary N) is 1. The molecule has 0 aromatic rings. The van der Waals surface area contributed by atoms with Crippen molar-refractivity contribution in [2.75, 3.05) is 32.9 Å². The van der Waals surface area contributed by atoms with Crippen molar-refractivity contribution in [2.45, 2.75) is 25.9 Å². The molecular weight excluding hydrogens is 208 g/mol. The zero-order valence-electron chi connectivity index (χ0n) is 9.91. The van der Waals surface area contributed by atoms with Gasteiger partial charge in [0.1, 0.15) is 0 Å². The fraction of sp³-hybridized carbons (Fsp3) is 0.909. The van der Waals surface area contributed by atoms with Crippen LogP contribution in [0.1, 0.15) is 19.8 Å². The van der Waals surface area contributed by atoms with Gasteiger partial charge in [0.2, 0.25) is 5.91 Å². The molecule has 1 fully saturated rings. The highest BCUT2D eigenvalue weighted by Crippen LogP contribution is 2.18. The van der Waals surface area contributed by atoms with Crippen LogP contribution in [-0.2, 0) is 14.3 Å². The summed E-state index contributed by atoms with van der Waals surface area (Å²) < 4.78 is 10.6. The average Bonchev–Trinajstić information content (AvgIpc) is 2.70. The lowest BCUT2D eigenvalue weighted by Crippen LogP contribution is -2.32. The van der Waals surface area contributed by atoms with Gasteiger partial charge >= 0.3 is 0 Å². The van der Waals surface area contributed by atoms with Crippen LogP contribution in [0.3, 0.4) is 0 Å². The van der Waals surface area contributed by atoms with Gasteiger partial charge in [0.25, 0.3) is 0 Å². The number of carbonyl (C=O) groups excluding carboxylic acids is 1. The van der Waals surface area contributed by atoms with Gasteiger partial charge in [-0.3, -0.25) is 4.79 Å². The van der Waals surface area contributed by atoms with E-state index >= 15 is 0 Å². The Hall–Kier alpha value is -0.650. The first-order chi connectivity index (χ1) is 7.74. The third kappa shape index (κ3) is 4.92. The van der Waals surface area contributed by atoms with Crippen molar-refractivity contribution in [2.24, 2.45) is 11.7 Å². The van der Waals surface area contributed by atoms with E-state index < -0.39 is 0 Å². The van der Waals surface area contributed by atoms with Crippen LogP contribution in [0.15, 0.2) is 0 Å². The molecule has 1 amide bonds. The summed E-state index contributed by atoms with van der Waals surface area (Å²) in [5.74, 6) is 0.128. The average molecular weight is 230 g/mol. The maximum absolute atomic E-state index is 11.6. The Morgan fingerprint density at radius 1 is 1.56 bits per heavy atom. The minimum atomic E-state index is 0.0277. The topological polar surface area (TPSA) is 73.6 Å². The molecule has 0 aromatic carbocycles. The summed E-state index contributed by atoms with van der Waals surface area (Å²) in [6, 6.07) is 0. The lowest BCUT2D eigenvalue weighted by atomic mass is 10.1. The Morgan fingerprint density at radius 3 is 3.00 bits per heavy atom. The smallest absolute Gasteiger partial charge is 0.225 e. The molecule has 0 bridgehead atoms. The molecule has 0 aromatic heterocycles. The highest BCUT2D eigenvalue weighted by Gasteiger charge is 2.27. The van der Waals surface area contributed by atoms with Crippen LogP contribution in [0.5, 0.6) is 0 Å². The van der Waals surface area contributed by atoms with Gasteiger partial charge in [0, 0.05) is 19.7 Å². The monoisotopic (exact) mass is 230 g/mol. The highest BCUT2D eigenvalue weighted by molar-refractivity contribution is 5.79. The number of carbonyl (C=O) groups is 1. The lowest BCUT2D eigenvalue weighted by molar-refractivity contribution is -0.124. The van der Waals surface area contributed by atoms with E-state index in [2.05, 4.69) is 5.32 Å². The predicted octanol–water partition coefficient (Wildman–Crippen LogP) is -0.107. The van der Waals surface area contributed by atoms with E-state index in [0.29, 0.717) is 32.9 Å². The molecule has 3 N–H and O–H groups in total. The second-order valence-corrected chi connectivity index (χ2v) is 4.12. The molecule has 2 atom stereocenters. The van der Waals surface area contributed by atoms with Gasteiger partial charge < -0.3 is 20.5 Å². The van der Waals surface area contributed by atoms with Crippen LogP contribution >= 0.6 is 0 Å². The number of rotatable bonds is 7. The molecule has 0 spiro atoms. The van der Waals surface area contributed by atoms with Gasteiger partial charge in [-0.15, -0.1) is 0 Å². The minimum absolute atomic E-state index is 0.0277. The zero-order chi connectivity index (χ0) is 11.8. The molecule has 94 valence electrons. The Kier molecular flexibility index (Phi) is 6.37. The Morgan fingerprint density at radius 2 is 2.38 bits per heavy atom. The molecular formula is C11H22N2O3. The largest absolute Gasteiger partial charge is 0.380 e. The summed E-state index contributed by atoms with van der Waals surface area (Å²) in [6.07, 6.45) is 1.87. The molecule has 1 heterocycles. The van der Waals surface area contributed by atoms with Gasteiger partial charge in [-0.25, -0.2) is 0 Å². The summed E-state index contributed by atoms with van der Waals surface area (Å²) >= 11 is 0. The quantitative estimate of drug-likeness (QED) is 0.599. The van der Waals surface area contributed by atoms with Gasteiger partial charge in [-0.1, -0.05) is 0 Å². The van der Waals surface area contributed by atoms with Crippen LogP contribution in [0.2, 0.25) is 0 Å². The summed E-state index contributed by atoms with van der Waals surface area (Å²) in [5.41, 5.74) is 5.28. The normalized spacial score (nSPS) is 24.6. The molecule has 1 rings (SSSR count). The Balaban J connectivity index is 1.98. The number of amides is 1. The summed E-state index contributed by atoms with van der Waals surface area (Å²) in [6.45, 7) is 4.99. The zero-order valence-corrected chi connectivity index (χ0v) is 9.91. The minimum Gasteiger partial charge on any atom is -0.380 e. The van der Waals surface area contributed by atoms with Crippen molar-refractivity contribution < 1.29 is 14.3 Å². The molecule has 1 aliphatic heterocycles. The Bertz CT molecular complexity index is 211. The van der Waals surface area contributed by atoms with Gasteiger partial charge in [0.05, 0.1) is 25.2 Å². The van der Waals surface area contributed by atoms with E-state index in [-0.39, 0.29) is 17.9 Å². The number of nitrogens with two attached hydrogens (primary N) is 1. The van der Waals surface area contributed by atoms with Crippen molar-refractivity contribution in [1.29, 1.82) is 0 Å². The fourth-order valence-electron chi connectivity index (χ4n) is 1.72. The molecule has 0 saturated carbocycles. The maximum Gasteiger partial charge on any atom is 0.225 e. The molecule has 5 heteroatoms. The molecule has 0 radical (unpaired) electrons. The molecule has 1 saturated heterocycles. The third-order valence-electron chi connectivity index (χ3n) is 2.60. The molecule has 0 aliphatic carbocycles. The number of hydrogen-bond donors (Lipinski definition) is 2. The van der Waals surface area contributed by atoms with Crippen molar-refractivity contribution in [3.63, 3.8) is 0 Å². The first-order valence-corrected chi connectivity index (χ1v) is 5.91. The third-order valence-corrected chi connectivity index (χ3v) is 2.60. The first kappa shape index (κ1) is 13.4. The van der Waals surface area contributed by atoms with Crippen LogP contribution in [0, 0.1) is 5.92 Å². The summed E-state index contributed by atoms with van der Waals surface area (Å²) in [7, 11) is 0. The van der Waals surface area contributed by atoms with Crippen LogP contribution in [0.25, 0.3) is 0 Å². The number of hydrogen-bond acceptors (Lipinski definition) is 4. The van der Waals surface area contributed by atoms with Crippen LogP contribution in [-0.4, -0.2) is 44.9 Å². The van der Waals surface area contributed by atoms with Crippen molar-refractivity contribution in [3.8, 4) is 0 Å². The first-order valence-electron chi connectivity index (χ1n) is 5.91. The van der Waals surface area contributed by atoms with Gasteiger partial charge in [0.15, 0.2) is 0 Å². The van der Waals surface area contributed by atoms with E-state index in [0.717, 1.165) is 12.8 Å². The predicted molar refractivity (Wildman–Crippen MR) is 61.0 cm³/mol. The van der Waals surface area contributed by atoms with E-state index in [1.165, 1.54) is 0 Å². The van der Waals surface area contributed by atoms with Crippen molar-refractivity contribution in [3.05, 3.63) is 0 Å². The fourth-order valence-corrected chi connectivity index (χ4v) is 1.72. The van der Waals surface area contributed by atoms with Crippen LogP contribution < -0.4 is 11.1 Å². The van der Waals surface area contributed by atoms with Crippen molar-refractivity contribution >= 4 is 5.91 Å². The molecule has 2 unspecified atom stereocenters. The lowest BCUT2D eigenvalue weighted by Gasteiger charge is -2.09. The standard InChI is InChI=1S/C11H22N2O3/c1-9-7-10(8-16-9)11(14)13-4-2-5-15-6-3-12/h9-10H,2-8,12H2,1H3,(H,13,14). The Labute approximate surface area is 96.7 Å². The molecule has 5 nitrogen and oxygen atoms in total. The second-order valence-electron chi connectivity index (χ2n) is 4.12. The second kappa shape index (κ2) is 7.60. The summed E-state index contributed by atoms with van der Waals surface area (Å²) in [4.78, 5) is 11.6. The molecule has 16 heavy (non-hydrogen) atoms. The van der Waals surface area contributed by atoms with E-state index in [1.807, 2.05) is 6.92 Å². The number of ether oxygens (including phenoxy) is 2. The SMILES string of the molecule is CC1CC(C(=O)NCCCOCCN)CO1. The van der Waals surface area contributed by atoms with Gasteiger partial charge in [-0.2, -0.15) is 0 Å². The van der Waals surface area contributed by atoms with E-state index in [1.54, 1.807) is 0 Å². The van der Waals surface area contributed by atoms with Gasteiger partial charge in [-0.05, 0) is 19.8 Å². The summed E-state index contributed by atoms with van der Waals surface area (Å²) in [5, 5.41) is 2.89. The maximum atomic E-state index is 11.6. The van der Waals surface area contributed by atoms with E-state index in [9.17, 15) is 4.79 Å². The van der Waals surface area contributed by atoms with Crippen molar-refractivity contribution in [1.82, 2.24) is 5.32 Å². The highest BCUT2D eigenvalue weighted by atomic mass is 16.5. The van der Waals surface area contributed by atoms with Crippen LogP contribution in [0.4, 0.5) is 0 Å².